The number of ketones is 1. The number of Topliss-reactive ketones (excluding diaryl/α,β-unsaturated/α-hetero) is 1. The monoisotopic (exact) mass is 364 g/mol. The summed E-state index contributed by atoms with van der Waals surface area (Å²) in [6.45, 7) is 0.590. The summed E-state index contributed by atoms with van der Waals surface area (Å²) in [7, 11) is 1.20. The predicted molar refractivity (Wildman–Crippen MR) is 86.4 cm³/mol. The Hall–Kier alpha value is -2.88. The second-order valence-corrected chi connectivity index (χ2v) is 5.98. The molecule has 1 N–H and O–H groups in total. The van der Waals surface area contributed by atoms with Gasteiger partial charge in [-0.15, -0.1) is 0 Å². The average Bonchev–Trinajstić information content (AvgIpc) is 3.13. The van der Waals surface area contributed by atoms with E-state index >= 15 is 0 Å². The van der Waals surface area contributed by atoms with Gasteiger partial charge in [0.05, 0.1) is 11.9 Å². The van der Waals surface area contributed by atoms with Crippen LogP contribution < -0.4 is 0 Å². The highest BCUT2D eigenvalue weighted by Crippen LogP contribution is 2.25. The number of rotatable bonds is 5. The van der Waals surface area contributed by atoms with Crippen LogP contribution in [0.5, 0.6) is 0 Å². The van der Waals surface area contributed by atoms with Crippen molar-refractivity contribution in [1.82, 2.24) is 19.7 Å². The number of carbonyl (C=O) groups is 3. The van der Waals surface area contributed by atoms with Crippen LogP contribution in [0.1, 0.15) is 17.4 Å². The minimum Gasteiger partial charge on any atom is -0.480 e. The number of aliphatic carboxylic acids is 1. The van der Waals surface area contributed by atoms with E-state index in [0.29, 0.717) is 11.0 Å². The molecule has 3 rings (SSSR count). The van der Waals surface area contributed by atoms with Crippen molar-refractivity contribution in [3.63, 3.8) is 0 Å². The lowest BCUT2D eigenvalue weighted by molar-refractivity contribution is -0.152. The molecular weight excluding hydrogens is 347 g/mol. The number of nitrogens with zero attached hydrogens (tertiary/aromatic N) is 4. The molecule has 1 aliphatic rings. The molecule has 1 fully saturated rings. The fourth-order valence-electron chi connectivity index (χ4n) is 3.19. The number of carboxylic acid groups (broad SMARTS) is 1. The molecule has 1 amide bonds. The van der Waals surface area contributed by atoms with Crippen molar-refractivity contribution < 1.29 is 28.6 Å². The summed E-state index contributed by atoms with van der Waals surface area (Å²) in [6.07, 6.45) is -1.36. The van der Waals surface area contributed by atoms with Crippen molar-refractivity contribution >= 4 is 28.7 Å². The number of fused-ring (bicyclic) bond motifs is 1. The maximum atomic E-state index is 14.0. The van der Waals surface area contributed by atoms with Crippen molar-refractivity contribution in [2.75, 3.05) is 13.7 Å². The van der Waals surface area contributed by atoms with Gasteiger partial charge < -0.3 is 14.7 Å². The summed E-state index contributed by atoms with van der Waals surface area (Å²) in [5, 5.41) is 13.9. The smallest absolute Gasteiger partial charge is 0.329 e. The normalized spacial score (nSPS) is 22.7. The second-order valence-electron chi connectivity index (χ2n) is 5.98. The van der Waals surface area contributed by atoms with E-state index in [1.807, 2.05) is 0 Å². The fourth-order valence-corrected chi connectivity index (χ4v) is 3.19. The Balaban J connectivity index is 1.92. The lowest BCUT2D eigenvalue weighted by Gasteiger charge is -2.23. The lowest BCUT2D eigenvalue weighted by atomic mass is 10.1. The Morgan fingerprint density at radius 1 is 1.42 bits per heavy atom. The van der Waals surface area contributed by atoms with Crippen molar-refractivity contribution in [3.05, 3.63) is 24.0 Å². The van der Waals surface area contributed by atoms with E-state index in [0.717, 1.165) is 4.90 Å². The third-order valence-corrected chi connectivity index (χ3v) is 4.35. The van der Waals surface area contributed by atoms with Crippen LogP contribution in [0.15, 0.2) is 18.3 Å². The topological polar surface area (TPSA) is 115 Å². The van der Waals surface area contributed by atoms with Crippen molar-refractivity contribution in [3.8, 4) is 0 Å². The average molecular weight is 364 g/mol. The molecule has 138 valence electrons. The molecule has 0 saturated carbocycles. The largest absolute Gasteiger partial charge is 0.480 e. The third-order valence-electron chi connectivity index (χ3n) is 4.35. The number of hydrogen-bond acceptors (Lipinski definition) is 6. The Kier molecular flexibility index (Phi) is 4.68. The van der Waals surface area contributed by atoms with E-state index in [-0.39, 0.29) is 24.6 Å². The molecule has 9 nitrogen and oxygen atoms in total. The Morgan fingerprint density at radius 2 is 2.15 bits per heavy atom. The fraction of sp³-hybridized carbons (Fsp3) is 0.438. The van der Waals surface area contributed by atoms with Crippen LogP contribution in [0, 0.1) is 0 Å². The van der Waals surface area contributed by atoms with Crippen LogP contribution in [-0.4, -0.2) is 74.4 Å². The number of likely N-dealkylation sites (tertiary alicyclic amines) is 1. The van der Waals surface area contributed by atoms with E-state index in [4.69, 9.17) is 4.74 Å². The third kappa shape index (κ3) is 2.92. The van der Waals surface area contributed by atoms with Crippen molar-refractivity contribution in [2.24, 2.45) is 0 Å². The number of carboxylic acids is 1. The van der Waals surface area contributed by atoms with Gasteiger partial charge in [-0.2, -0.15) is 5.10 Å². The van der Waals surface area contributed by atoms with Crippen LogP contribution in [0.3, 0.4) is 0 Å². The first kappa shape index (κ1) is 17.9. The number of halogens is 1. The molecule has 0 aliphatic carbocycles. The number of amides is 1. The summed E-state index contributed by atoms with van der Waals surface area (Å²) in [4.78, 5) is 40.9. The van der Waals surface area contributed by atoms with Gasteiger partial charge in [0, 0.05) is 20.2 Å². The zero-order valence-corrected chi connectivity index (χ0v) is 14.1. The molecule has 26 heavy (non-hydrogen) atoms. The van der Waals surface area contributed by atoms with E-state index < -0.39 is 30.2 Å². The minimum absolute atomic E-state index is 0.162. The van der Waals surface area contributed by atoms with Crippen molar-refractivity contribution in [1.29, 1.82) is 0 Å². The zero-order valence-electron chi connectivity index (χ0n) is 14.1. The quantitative estimate of drug-likeness (QED) is 0.758. The summed E-state index contributed by atoms with van der Waals surface area (Å²) in [5.41, 5.74) is 0.479. The SMILES string of the molecule is CO[C@H]1[C@@H](C(=O)O)N(C(=O)Cn2nc(C(C)=O)c3cccnc32)C[C@@H]1F. The summed E-state index contributed by atoms with van der Waals surface area (Å²) < 4.78 is 20.2. The molecule has 0 bridgehead atoms. The highest BCUT2D eigenvalue weighted by molar-refractivity contribution is 6.04. The molecule has 0 unspecified atom stereocenters. The highest BCUT2D eigenvalue weighted by Gasteiger charge is 2.49. The first-order valence-electron chi connectivity index (χ1n) is 7.86. The minimum atomic E-state index is -1.61. The molecule has 1 aliphatic heterocycles. The van der Waals surface area contributed by atoms with Crippen LogP contribution in [0.4, 0.5) is 4.39 Å². The highest BCUT2D eigenvalue weighted by atomic mass is 19.1. The van der Waals surface area contributed by atoms with Crippen LogP contribution in [0.25, 0.3) is 11.0 Å². The number of aromatic nitrogens is 3. The standard InChI is InChI=1S/C16H17FN4O5/c1-8(22)12-9-4-3-5-18-15(9)21(19-12)7-11(23)20-6-10(17)14(26-2)13(20)16(24)25/h3-5,10,13-14H,6-7H2,1-2H3,(H,24,25)/t10-,13-,14+/m0/s1. The molecule has 0 spiro atoms. The van der Waals surface area contributed by atoms with Crippen LogP contribution in [0.2, 0.25) is 0 Å². The van der Waals surface area contributed by atoms with Crippen LogP contribution in [-0.2, 0) is 20.9 Å². The van der Waals surface area contributed by atoms with E-state index in [1.54, 1.807) is 12.1 Å². The number of methoxy groups -OCH3 is 1. The van der Waals surface area contributed by atoms with Gasteiger partial charge in [0.2, 0.25) is 5.91 Å². The summed E-state index contributed by atoms with van der Waals surface area (Å²) >= 11 is 0. The van der Waals surface area contributed by atoms with Crippen molar-refractivity contribution in [2.45, 2.75) is 31.8 Å². The van der Waals surface area contributed by atoms with E-state index in [1.165, 1.54) is 24.9 Å². The molecule has 0 radical (unpaired) electrons. The molecule has 3 heterocycles. The number of ether oxygens (including phenoxy) is 1. The Labute approximate surface area is 147 Å². The van der Waals surface area contributed by atoms with Gasteiger partial charge in [-0.3, -0.25) is 9.59 Å². The van der Waals surface area contributed by atoms with Gasteiger partial charge in [0.25, 0.3) is 0 Å². The summed E-state index contributed by atoms with van der Waals surface area (Å²) in [5.74, 6) is -2.29. The molecule has 10 heteroatoms. The van der Waals surface area contributed by atoms with Gasteiger partial charge in [-0.25, -0.2) is 18.9 Å². The first-order chi connectivity index (χ1) is 12.3. The maximum absolute atomic E-state index is 14.0. The first-order valence-corrected chi connectivity index (χ1v) is 7.86. The van der Waals surface area contributed by atoms with E-state index in [2.05, 4.69) is 10.1 Å². The number of carbonyl (C=O) groups excluding carboxylic acids is 2. The number of alkyl halides is 1. The molecular formula is C16H17FN4O5. The predicted octanol–water partition coefficient (Wildman–Crippen LogP) is 0.282. The Bertz CT molecular complexity index is 883. The number of pyridine rings is 1. The van der Waals surface area contributed by atoms with Gasteiger partial charge in [-0.05, 0) is 12.1 Å². The van der Waals surface area contributed by atoms with Crippen LogP contribution >= 0.6 is 0 Å². The number of hydrogen-bond donors (Lipinski definition) is 1. The van der Waals surface area contributed by atoms with Gasteiger partial charge in [0.15, 0.2) is 17.5 Å². The molecule has 1 saturated heterocycles. The zero-order chi connectivity index (χ0) is 19.0. The summed E-state index contributed by atoms with van der Waals surface area (Å²) in [6, 6.07) is 1.87. The van der Waals surface area contributed by atoms with Gasteiger partial charge >= 0.3 is 5.97 Å². The lowest BCUT2D eigenvalue weighted by Crippen LogP contribution is -2.47. The van der Waals surface area contributed by atoms with Gasteiger partial charge in [-0.1, -0.05) is 0 Å². The van der Waals surface area contributed by atoms with E-state index in [9.17, 15) is 23.9 Å². The Morgan fingerprint density at radius 3 is 2.77 bits per heavy atom. The molecule has 2 aromatic rings. The molecule has 2 aromatic heterocycles. The maximum Gasteiger partial charge on any atom is 0.329 e. The molecule has 3 atom stereocenters. The van der Waals surface area contributed by atoms with Gasteiger partial charge in [0.1, 0.15) is 24.5 Å². The molecule has 0 aromatic carbocycles. The second kappa shape index (κ2) is 6.79.